The molecule has 0 nitrogen and oxygen atoms in total. The maximum Gasteiger partial charge on any atom is -0.0417 e. The van der Waals surface area contributed by atoms with E-state index in [9.17, 15) is 0 Å². The van der Waals surface area contributed by atoms with Gasteiger partial charge in [-0.05, 0) is 5.92 Å². The highest BCUT2D eigenvalue weighted by molar-refractivity contribution is 4.59. The van der Waals surface area contributed by atoms with Crippen LogP contribution in [-0.2, 0) is 0 Å². The van der Waals surface area contributed by atoms with Gasteiger partial charge in [-0.3, -0.25) is 0 Å². The molecule has 0 aliphatic rings. The molecular formula is C43H88. The van der Waals surface area contributed by atoms with Gasteiger partial charge >= 0.3 is 0 Å². The molecular weight excluding hydrogens is 516 g/mol. The van der Waals surface area contributed by atoms with Gasteiger partial charge < -0.3 is 0 Å². The molecule has 0 heterocycles. The molecule has 0 aliphatic heterocycles. The van der Waals surface area contributed by atoms with E-state index >= 15 is 0 Å². The Labute approximate surface area is 276 Å². The van der Waals surface area contributed by atoms with Crippen LogP contribution in [0.4, 0.5) is 0 Å². The SMILES string of the molecule is CCCCCCCCCCCCCCCCCCCCCCCCCCCCCCC(CC)CCCCCCCCCC. The van der Waals surface area contributed by atoms with Crippen LogP contribution in [0.1, 0.15) is 271 Å². The minimum Gasteiger partial charge on any atom is -0.0654 e. The van der Waals surface area contributed by atoms with E-state index in [1.165, 1.54) is 250 Å². The lowest BCUT2D eigenvalue weighted by atomic mass is 9.92. The molecule has 0 spiro atoms. The second-order valence-corrected chi connectivity index (χ2v) is 14.9. The molecule has 0 bridgehead atoms. The van der Waals surface area contributed by atoms with Crippen LogP contribution < -0.4 is 0 Å². The summed E-state index contributed by atoms with van der Waals surface area (Å²) in [6.45, 7) is 7.05. The van der Waals surface area contributed by atoms with Gasteiger partial charge in [0.2, 0.25) is 0 Å². The Kier molecular flexibility index (Phi) is 40.0. The van der Waals surface area contributed by atoms with Gasteiger partial charge in [0.15, 0.2) is 0 Å². The summed E-state index contributed by atoms with van der Waals surface area (Å²) in [4.78, 5) is 0. The highest BCUT2D eigenvalue weighted by Crippen LogP contribution is 2.22. The molecule has 0 saturated carbocycles. The summed E-state index contributed by atoms with van der Waals surface area (Å²) < 4.78 is 0. The summed E-state index contributed by atoms with van der Waals surface area (Å²) in [5, 5.41) is 0. The van der Waals surface area contributed by atoms with Crippen molar-refractivity contribution in [1.82, 2.24) is 0 Å². The number of hydrogen-bond acceptors (Lipinski definition) is 0. The van der Waals surface area contributed by atoms with Gasteiger partial charge in [0.1, 0.15) is 0 Å². The smallest absolute Gasteiger partial charge is 0.0417 e. The summed E-state index contributed by atoms with van der Waals surface area (Å²) in [7, 11) is 0. The quantitative estimate of drug-likeness (QED) is 0.0612. The Hall–Kier alpha value is 0. The molecule has 260 valence electrons. The zero-order chi connectivity index (χ0) is 31.2. The van der Waals surface area contributed by atoms with Crippen LogP contribution in [0.5, 0.6) is 0 Å². The van der Waals surface area contributed by atoms with Crippen LogP contribution in [0.15, 0.2) is 0 Å². The third-order valence-corrected chi connectivity index (χ3v) is 10.5. The van der Waals surface area contributed by atoms with Crippen LogP contribution in [-0.4, -0.2) is 0 Å². The first kappa shape index (κ1) is 43.0. The molecule has 0 amide bonds. The lowest BCUT2D eigenvalue weighted by Crippen LogP contribution is -1.99. The number of rotatable bonds is 39. The Morgan fingerprint density at radius 1 is 0.209 bits per heavy atom. The van der Waals surface area contributed by atoms with Gasteiger partial charge in [0.25, 0.3) is 0 Å². The molecule has 1 atom stereocenters. The molecule has 0 fully saturated rings. The van der Waals surface area contributed by atoms with Gasteiger partial charge in [0.05, 0.1) is 0 Å². The predicted molar refractivity (Wildman–Crippen MR) is 201 cm³/mol. The zero-order valence-corrected chi connectivity index (χ0v) is 31.2. The number of unbranched alkanes of at least 4 members (excludes halogenated alkanes) is 34. The summed E-state index contributed by atoms with van der Waals surface area (Å²) in [5.41, 5.74) is 0. The normalized spacial score (nSPS) is 12.3. The van der Waals surface area contributed by atoms with Crippen molar-refractivity contribution in [3.05, 3.63) is 0 Å². The van der Waals surface area contributed by atoms with Gasteiger partial charge in [-0.1, -0.05) is 271 Å². The van der Waals surface area contributed by atoms with E-state index in [0.717, 1.165) is 5.92 Å². The van der Waals surface area contributed by atoms with Gasteiger partial charge in [-0.15, -0.1) is 0 Å². The lowest BCUT2D eigenvalue weighted by molar-refractivity contribution is 0.392. The summed E-state index contributed by atoms with van der Waals surface area (Å²) in [6, 6.07) is 0. The second kappa shape index (κ2) is 40.0. The molecule has 43 heavy (non-hydrogen) atoms. The van der Waals surface area contributed by atoms with Crippen molar-refractivity contribution in [2.45, 2.75) is 271 Å². The second-order valence-electron chi connectivity index (χ2n) is 14.9. The number of hydrogen-bond donors (Lipinski definition) is 0. The summed E-state index contributed by atoms with van der Waals surface area (Å²) >= 11 is 0. The highest BCUT2D eigenvalue weighted by atomic mass is 14.1. The van der Waals surface area contributed by atoms with Crippen molar-refractivity contribution in [2.24, 2.45) is 5.92 Å². The van der Waals surface area contributed by atoms with E-state index in [1.54, 1.807) is 0 Å². The summed E-state index contributed by atoms with van der Waals surface area (Å²) in [5.74, 6) is 1.02. The fourth-order valence-corrected chi connectivity index (χ4v) is 7.22. The van der Waals surface area contributed by atoms with Crippen LogP contribution >= 0.6 is 0 Å². The predicted octanol–water partition coefficient (Wildman–Crippen LogP) is 16.9. The molecule has 0 aromatic carbocycles. The minimum atomic E-state index is 1.02. The molecule has 0 aromatic rings. The minimum absolute atomic E-state index is 1.02. The van der Waals surface area contributed by atoms with E-state index in [-0.39, 0.29) is 0 Å². The van der Waals surface area contributed by atoms with E-state index in [2.05, 4.69) is 20.8 Å². The van der Waals surface area contributed by atoms with Crippen molar-refractivity contribution in [1.29, 1.82) is 0 Å². The van der Waals surface area contributed by atoms with Crippen molar-refractivity contribution >= 4 is 0 Å². The van der Waals surface area contributed by atoms with Crippen molar-refractivity contribution < 1.29 is 0 Å². The average molecular weight is 605 g/mol. The molecule has 0 aromatic heterocycles. The molecule has 0 N–H and O–H groups in total. The first-order chi connectivity index (χ1) is 21.3. The Balaban J connectivity index is 3.17. The van der Waals surface area contributed by atoms with E-state index in [1.807, 2.05) is 0 Å². The Bertz CT molecular complexity index is 453. The highest BCUT2D eigenvalue weighted by Gasteiger charge is 2.06. The van der Waals surface area contributed by atoms with E-state index < -0.39 is 0 Å². The molecule has 0 saturated heterocycles. The summed E-state index contributed by atoms with van der Waals surface area (Å²) in [6.07, 6.45) is 57.8. The fourth-order valence-electron chi connectivity index (χ4n) is 7.22. The van der Waals surface area contributed by atoms with Crippen LogP contribution in [0.3, 0.4) is 0 Å². The van der Waals surface area contributed by atoms with Gasteiger partial charge in [-0.2, -0.15) is 0 Å². The van der Waals surface area contributed by atoms with E-state index in [0.29, 0.717) is 0 Å². The van der Waals surface area contributed by atoms with Crippen LogP contribution in [0, 0.1) is 5.92 Å². The largest absolute Gasteiger partial charge is 0.0654 e. The maximum absolute atomic E-state index is 2.43. The average Bonchev–Trinajstić information content (AvgIpc) is 3.02. The van der Waals surface area contributed by atoms with Gasteiger partial charge in [-0.25, -0.2) is 0 Å². The molecule has 1 unspecified atom stereocenters. The van der Waals surface area contributed by atoms with Crippen molar-refractivity contribution in [3.63, 3.8) is 0 Å². The van der Waals surface area contributed by atoms with Crippen molar-refractivity contribution in [2.75, 3.05) is 0 Å². The van der Waals surface area contributed by atoms with Crippen LogP contribution in [0.25, 0.3) is 0 Å². The molecule has 0 radical (unpaired) electrons. The Morgan fingerprint density at radius 3 is 0.535 bits per heavy atom. The maximum atomic E-state index is 2.43. The zero-order valence-electron chi connectivity index (χ0n) is 31.2. The monoisotopic (exact) mass is 605 g/mol. The Morgan fingerprint density at radius 2 is 0.372 bits per heavy atom. The van der Waals surface area contributed by atoms with Gasteiger partial charge in [0, 0.05) is 0 Å². The van der Waals surface area contributed by atoms with Crippen molar-refractivity contribution in [3.8, 4) is 0 Å². The fraction of sp³-hybridized carbons (Fsp3) is 1.00. The third kappa shape index (κ3) is 38.1. The molecule has 0 rings (SSSR count). The molecule has 0 aliphatic carbocycles. The first-order valence-electron chi connectivity index (χ1n) is 21.3. The molecule has 0 heteroatoms. The lowest BCUT2D eigenvalue weighted by Gasteiger charge is -2.14. The van der Waals surface area contributed by atoms with Crippen LogP contribution in [0.2, 0.25) is 0 Å². The standard InChI is InChI=1S/C43H88/c1-4-7-9-11-13-15-16-17-18-19-20-21-22-23-24-25-26-27-28-29-30-31-32-33-34-36-38-40-42-43(6-3)41-39-37-35-14-12-10-8-5-2/h43H,4-42H2,1-3H3. The third-order valence-electron chi connectivity index (χ3n) is 10.5. The van der Waals surface area contributed by atoms with E-state index in [4.69, 9.17) is 0 Å². The topological polar surface area (TPSA) is 0 Å². The first-order valence-corrected chi connectivity index (χ1v) is 21.3.